The van der Waals surface area contributed by atoms with Crippen LogP contribution in [-0.2, 0) is 13.6 Å². The van der Waals surface area contributed by atoms with E-state index in [1.165, 1.54) is 11.6 Å². The Hall–Kier alpha value is -2.11. The molecule has 18 heavy (non-hydrogen) atoms. The second kappa shape index (κ2) is 4.29. The van der Waals surface area contributed by atoms with Crippen LogP contribution in [0.2, 0.25) is 0 Å². The van der Waals surface area contributed by atoms with Gasteiger partial charge >= 0.3 is 5.69 Å². The lowest BCUT2D eigenvalue weighted by atomic mass is 10.2. The van der Waals surface area contributed by atoms with E-state index in [4.69, 9.17) is 5.73 Å². The van der Waals surface area contributed by atoms with Crippen LogP contribution >= 0.6 is 0 Å². The first-order valence-electron chi connectivity index (χ1n) is 5.78. The fourth-order valence-corrected chi connectivity index (χ4v) is 1.90. The average Bonchev–Trinajstić information content (AvgIpc) is 2.31. The van der Waals surface area contributed by atoms with Crippen LogP contribution in [0.5, 0.6) is 0 Å². The first-order chi connectivity index (χ1) is 8.41. The van der Waals surface area contributed by atoms with E-state index >= 15 is 0 Å². The molecule has 0 atom stereocenters. The molecule has 0 saturated carbocycles. The van der Waals surface area contributed by atoms with Crippen LogP contribution in [0, 0.1) is 5.92 Å². The van der Waals surface area contributed by atoms with Crippen LogP contribution < -0.4 is 17.0 Å². The van der Waals surface area contributed by atoms with Gasteiger partial charge in [0.1, 0.15) is 5.82 Å². The van der Waals surface area contributed by atoms with Crippen LogP contribution in [0.4, 0.5) is 5.82 Å². The number of aromatic nitrogens is 3. The molecule has 2 rings (SSSR count). The van der Waals surface area contributed by atoms with Crippen molar-refractivity contribution in [1.82, 2.24) is 14.1 Å². The minimum Gasteiger partial charge on any atom is -0.384 e. The molecule has 0 saturated heterocycles. The minimum absolute atomic E-state index is 0.270. The highest BCUT2D eigenvalue weighted by Crippen LogP contribution is 2.09. The van der Waals surface area contributed by atoms with Crippen LogP contribution in [0.1, 0.15) is 13.8 Å². The molecule has 2 aromatic rings. The molecular weight excluding hydrogens is 232 g/mol. The number of hydrogen-bond donors (Lipinski definition) is 1. The van der Waals surface area contributed by atoms with E-state index in [0.29, 0.717) is 23.4 Å². The summed E-state index contributed by atoms with van der Waals surface area (Å²) in [5, 5.41) is 0.409. The highest BCUT2D eigenvalue weighted by molar-refractivity contribution is 5.75. The second-order valence-electron chi connectivity index (χ2n) is 4.76. The van der Waals surface area contributed by atoms with E-state index in [1.54, 1.807) is 12.1 Å². The Bertz CT molecular complexity index is 712. The summed E-state index contributed by atoms with van der Waals surface area (Å²) in [5.74, 6) is 0.569. The molecule has 96 valence electrons. The van der Waals surface area contributed by atoms with Crippen LogP contribution in [0.3, 0.4) is 0 Å². The van der Waals surface area contributed by atoms with Crippen LogP contribution in [-0.4, -0.2) is 14.1 Å². The zero-order valence-electron chi connectivity index (χ0n) is 10.7. The van der Waals surface area contributed by atoms with E-state index in [-0.39, 0.29) is 17.2 Å². The maximum atomic E-state index is 12.1. The molecule has 0 unspecified atom stereocenters. The predicted molar refractivity (Wildman–Crippen MR) is 70.5 cm³/mol. The van der Waals surface area contributed by atoms with E-state index in [0.717, 1.165) is 4.57 Å². The molecule has 2 heterocycles. The number of fused-ring (bicyclic) bond motifs is 1. The number of anilines is 1. The summed E-state index contributed by atoms with van der Waals surface area (Å²) in [7, 11) is 1.47. The number of rotatable bonds is 2. The summed E-state index contributed by atoms with van der Waals surface area (Å²) in [6.07, 6.45) is 0. The molecule has 2 aromatic heterocycles. The number of hydrogen-bond acceptors (Lipinski definition) is 4. The van der Waals surface area contributed by atoms with Crippen LogP contribution in [0.25, 0.3) is 11.0 Å². The van der Waals surface area contributed by atoms with Gasteiger partial charge in [-0.25, -0.2) is 9.78 Å². The van der Waals surface area contributed by atoms with E-state index in [2.05, 4.69) is 4.98 Å². The fraction of sp³-hybridized carbons (Fsp3) is 0.417. The third-order valence-electron chi connectivity index (χ3n) is 2.75. The topological polar surface area (TPSA) is 82.9 Å². The number of nitrogens with zero attached hydrogens (tertiary/aromatic N) is 3. The molecule has 0 aliphatic heterocycles. The Morgan fingerprint density at radius 3 is 2.61 bits per heavy atom. The lowest BCUT2D eigenvalue weighted by Crippen LogP contribution is -2.39. The summed E-state index contributed by atoms with van der Waals surface area (Å²) in [4.78, 5) is 28.2. The van der Waals surface area contributed by atoms with Crippen molar-refractivity contribution in [2.24, 2.45) is 13.0 Å². The van der Waals surface area contributed by atoms with Crippen molar-refractivity contribution >= 4 is 16.9 Å². The predicted octanol–water partition coefficient (Wildman–Crippen LogP) is 0.333. The summed E-state index contributed by atoms with van der Waals surface area (Å²) in [5.41, 5.74) is 5.28. The third-order valence-corrected chi connectivity index (χ3v) is 2.75. The summed E-state index contributed by atoms with van der Waals surface area (Å²) < 4.78 is 2.60. The van der Waals surface area contributed by atoms with E-state index in [9.17, 15) is 9.59 Å². The van der Waals surface area contributed by atoms with Crippen molar-refractivity contribution in [3.63, 3.8) is 0 Å². The maximum absolute atomic E-state index is 12.1. The first-order valence-corrected chi connectivity index (χ1v) is 5.78. The van der Waals surface area contributed by atoms with Crippen LogP contribution in [0.15, 0.2) is 21.7 Å². The number of nitrogens with two attached hydrogens (primary N) is 1. The van der Waals surface area contributed by atoms with Gasteiger partial charge in [-0.2, -0.15) is 0 Å². The van der Waals surface area contributed by atoms with Gasteiger partial charge in [-0.1, -0.05) is 13.8 Å². The van der Waals surface area contributed by atoms with Crippen molar-refractivity contribution in [2.45, 2.75) is 20.4 Å². The van der Waals surface area contributed by atoms with Gasteiger partial charge in [-0.05, 0) is 18.1 Å². The summed E-state index contributed by atoms with van der Waals surface area (Å²) >= 11 is 0. The Kier molecular flexibility index (Phi) is 2.94. The molecule has 2 N–H and O–H groups in total. The second-order valence-corrected chi connectivity index (χ2v) is 4.76. The SMILES string of the molecule is CC(C)Cn1c(=O)n(C)c(=O)c2ccc(N)nc21. The van der Waals surface area contributed by atoms with Gasteiger partial charge in [0.15, 0.2) is 5.65 Å². The van der Waals surface area contributed by atoms with Crippen molar-refractivity contribution in [3.05, 3.63) is 33.0 Å². The van der Waals surface area contributed by atoms with Crippen molar-refractivity contribution in [3.8, 4) is 0 Å². The van der Waals surface area contributed by atoms with Gasteiger partial charge < -0.3 is 5.73 Å². The molecule has 6 heteroatoms. The molecule has 0 spiro atoms. The monoisotopic (exact) mass is 248 g/mol. The normalized spacial score (nSPS) is 11.3. The number of pyridine rings is 1. The summed E-state index contributed by atoms with van der Waals surface area (Å²) in [6.45, 7) is 4.49. The van der Waals surface area contributed by atoms with Crippen molar-refractivity contribution in [2.75, 3.05) is 5.73 Å². The van der Waals surface area contributed by atoms with Gasteiger partial charge in [0.25, 0.3) is 5.56 Å². The zero-order chi connectivity index (χ0) is 13.4. The van der Waals surface area contributed by atoms with Gasteiger partial charge in [0.2, 0.25) is 0 Å². The van der Waals surface area contributed by atoms with E-state index in [1.807, 2.05) is 13.8 Å². The highest BCUT2D eigenvalue weighted by Gasteiger charge is 2.12. The lowest BCUT2D eigenvalue weighted by molar-refractivity contribution is 0.500. The molecule has 0 aliphatic rings. The Balaban J connectivity index is 2.94. The first kappa shape index (κ1) is 12.3. The standard InChI is InChI=1S/C12H16N4O2/c1-7(2)6-16-10-8(4-5-9(13)14-10)11(17)15(3)12(16)18/h4-5,7H,6H2,1-3H3,(H2,13,14). The zero-order valence-corrected chi connectivity index (χ0v) is 10.7. The minimum atomic E-state index is -0.362. The largest absolute Gasteiger partial charge is 0.384 e. The maximum Gasteiger partial charge on any atom is 0.332 e. The molecule has 0 aromatic carbocycles. The van der Waals surface area contributed by atoms with Gasteiger partial charge in [-0.15, -0.1) is 0 Å². The molecule has 6 nitrogen and oxygen atoms in total. The fourth-order valence-electron chi connectivity index (χ4n) is 1.90. The molecule has 0 fully saturated rings. The van der Waals surface area contributed by atoms with E-state index < -0.39 is 0 Å². The average molecular weight is 248 g/mol. The Labute approximate surface area is 104 Å². The molecular formula is C12H16N4O2. The smallest absolute Gasteiger partial charge is 0.332 e. The molecule has 0 bridgehead atoms. The Morgan fingerprint density at radius 1 is 1.33 bits per heavy atom. The van der Waals surface area contributed by atoms with Crippen molar-refractivity contribution in [1.29, 1.82) is 0 Å². The quantitative estimate of drug-likeness (QED) is 0.830. The van der Waals surface area contributed by atoms with Gasteiger partial charge in [-0.3, -0.25) is 13.9 Å². The summed E-state index contributed by atoms with van der Waals surface area (Å²) in [6, 6.07) is 3.17. The molecule has 0 aliphatic carbocycles. The molecule has 0 amide bonds. The Morgan fingerprint density at radius 2 is 2.00 bits per heavy atom. The van der Waals surface area contributed by atoms with Gasteiger partial charge in [0, 0.05) is 13.6 Å². The van der Waals surface area contributed by atoms with Crippen molar-refractivity contribution < 1.29 is 0 Å². The third kappa shape index (κ3) is 1.90. The number of nitrogen functional groups attached to an aromatic ring is 1. The molecule has 0 radical (unpaired) electrons. The lowest BCUT2D eigenvalue weighted by Gasteiger charge is -2.13. The van der Waals surface area contributed by atoms with Gasteiger partial charge in [0.05, 0.1) is 5.39 Å². The highest BCUT2D eigenvalue weighted by atomic mass is 16.2.